The first-order valence-electron chi connectivity index (χ1n) is 6.00. The number of nitrogens with zero attached hydrogens (tertiary/aromatic N) is 1. The van der Waals surface area contributed by atoms with Crippen LogP contribution in [0, 0.1) is 0 Å². The Morgan fingerprint density at radius 1 is 1.41 bits per heavy atom. The lowest BCUT2D eigenvalue weighted by molar-refractivity contribution is -0.122. The number of nitrogens with two attached hydrogens (primary N) is 2. The van der Waals surface area contributed by atoms with Gasteiger partial charge in [0.05, 0.1) is 6.04 Å². The molecule has 92 valence electrons. The lowest BCUT2D eigenvalue weighted by Gasteiger charge is -2.29. The summed E-state index contributed by atoms with van der Waals surface area (Å²) in [5.74, 6) is -0.218. The van der Waals surface area contributed by atoms with Crippen molar-refractivity contribution in [3.8, 4) is 0 Å². The Morgan fingerprint density at radius 2 is 2.06 bits per heavy atom. The molecule has 2 rings (SSSR count). The van der Waals surface area contributed by atoms with Gasteiger partial charge in [0.1, 0.15) is 0 Å². The Bertz CT molecular complexity index is 402. The number of carbonyl (C=O) groups is 1. The van der Waals surface area contributed by atoms with Crippen LogP contribution in [-0.2, 0) is 4.79 Å². The maximum Gasteiger partial charge on any atom is 0.234 e. The third kappa shape index (κ3) is 2.42. The second-order valence-electron chi connectivity index (χ2n) is 4.64. The van der Waals surface area contributed by atoms with Crippen LogP contribution in [0.1, 0.15) is 31.4 Å². The van der Waals surface area contributed by atoms with Crippen molar-refractivity contribution in [3.63, 3.8) is 0 Å². The highest BCUT2D eigenvalue weighted by Gasteiger charge is 2.32. The number of amides is 1. The molecule has 1 aliphatic heterocycles. The third-order valence-electron chi connectivity index (χ3n) is 3.54. The van der Waals surface area contributed by atoms with Gasteiger partial charge in [0, 0.05) is 11.7 Å². The molecule has 4 heteroatoms. The Morgan fingerprint density at radius 3 is 2.65 bits per heavy atom. The first-order valence-corrected chi connectivity index (χ1v) is 6.00. The molecule has 2 unspecified atom stereocenters. The number of rotatable bonds is 3. The van der Waals surface area contributed by atoms with E-state index in [0.717, 1.165) is 25.1 Å². The van der Waals surface area contributed by atoms with Crippen LogP contribution in [-0.4, -0.2) is 23.4 Å². The molecule has 1 aromatic rings. The van der Waals surface area contributed by atoms with Gasteiger partial charge in [-0.2, -0.15) is 0 Å². The Hall–Kier alpha value is -1.55. The molecule has 0 aliphatic carbocycles. The van der Waals surface area contributed by atoms with Crippen molar-refractivity contribution in [1.82, 2.24) is 4.90 Å². The highest BCUT2D eigenvalue weighted by atomic mass is 16.1. The monoisotopic (exact) mass is 233 g/mol. The van der Waals surface area contributed by atoms with Gasteiger partial charge in [-0.15, -0.1) is 0 Å². The van der Waals surface area contributed by atoms with E-state index >= 15 is 0 Å². The first-order chi connectivity index (χ1) is 8.09. The van der Waals surface area contributed by atoms with Gasteiger partial charge in [-0.3, -0.25) is 9.69 Å². The van der Waals surface area contributed by atoms with Crippen LogP contribution in [0.4, 0.5) is 5.69 Å². The second-order valence-corrected chi connectivity index (χ2v) is 4.64. The summed E-state index contributed by atoms with van der Waals surface area (Å²) in [4.78, 5) is 13.5. The van der Waals surface area contributed by atoms with E-state index in [1.807, 2.05) is 24.3 Å². The summed E-state index contributed by atoms with van der Waals surface area (Å²) in [6.45, 7) is 3.03. The lowest BCUT2D eigenvalue weighted by Crippen LogP contribution is -2.41. The van der Waals surface area contributed by atoms with Crippen molar-refractivity contribution >= 4 is 11.6 Å². The zero-order chi connectivity index (χ0) is 12.4. The van der Waals surface area contributed by atoms with Gasteiger partial charge in [0.2, 0.25) is 5.91 Å². The minimum absolute atomic E-state index is 0.123. The van der Waals surface area contributed by atoms with Crippen molar-refractivity contribution in [2.24, 2.45) is 5.73 Å². The van der Waals surface area contributed by atoms with Crippen molar-refractivity contribution in [2.45, 2.75) is 31.8 Å². The quantitative estimate of drug-likeness (QED) is 0.772. The molecular weight excluding hydrogens is 214 g/mol. The van der Waals surface area contributed by atoms with Gasteiger partial charge in [0.25, 0.3) is 0 Å². The largest absolute Gasteiger partial charge is 0.399 e. The van der Waals surface area contributed by atoms with E-state index in [-0.39, 0.29) is 18.0 Å². The van der Waals surface area contributed by atoms with Crippen LogP contribution in [0.3, 0.4) is 0 Å². The van der Waals surface area contributed by atoms with E-state index in [9.17, 15) is 4.79 Å². The van der Waals surface area contributed by atoms with Crippen molar-refractivity contribution in [3.05, 3.63) is 29.8 Å². The minimum Gasteiger partial charge on any atom is -0.399 e. The molecule has 0 saturated carbocycles. The van der Waals surface area contributed by atoms with Gasteiger partial charge in [-0.25, -0.2) is 0 Å². The molecule has 1 fully saturated rings. The van der Waals surface area contributed by atoms with Gasteiger partial charge in [-0.05, 0) is 44.0 Å². The second kappa shape index (κ2) is 4.75. The molecule has 2 atom stereocenters. The molecule has 17 heavy (non-hydrogen) atoms. The number of benzene rings is 1. The standard InChI is InChI=1S/C13H19N3O/c1-9(10-4-6-11(14)7-5-10)16-8-2-3-12(16)13(15)17/h4-7,9,12H,2-3,8,14H2,1H3,(H2,15,17). The maximum absolute atomic E-state index is 11.4. The lowest BCUT2D eigenvalue weighted by atomic mass is 10.1. The molecule has 0 spiro atoms. The number of hydrogen-bond acceptors (Lipinski definition) is 3. The summed E-state index contributed by atoms with van der Waals surface area (Å²) in [6.07, 6.45) is 1.90. The number of hydrogen-bond donors (Lipinski definition) is 2. The highest BCUT2D eigenvalue weighted by Crippen LogP contribution is 2.29. The van der Waals surface area contributed by atoms with E-state index < -0.39 is 0 Å². The van der Waals surface area contributed by atoms with Gasteiger partial charge in [0.15, 0.2) is 0 Å². The topological polar surface area (TPSA) is 72.3 Å². The van der Waals surface area contributed by atoms with Crippen molar-refractivity contribution in [1.29, 1.82) is 0 Å². The summed E-state index contributed by atoms with van der Waals surface area (Å²) >= 11 is 0. The fourth-order valence-electron chi connectivity index (χ4n) is 2.52. The number of anilines is 1. The molecule has 0 bridgehead atoms. The summed E-state index contributed by atoms with van der Waals surface area (Å²) in [5.41, 5.74) is 13.0. The maximum atomic E-state index is 11.4. The van der Waals surface area contributed by atoms with Crippen LogP contribution in [0.2, 0.25) is 0 Å². The molecule has 1 amide bonds. The van der Waals surface area contributed by atoms with Gasteiger partial charge < -0.3 is 11.5 Å². The predicted molar refractivity (Wildman–Crippen MR) is 68.2 cm³/mol. The fraction of sp³-hybridized carbons (Fsp3) is 0.462. The van der Waals surface area contributed by atoms with E-state index in [4.69, 9.17) is 11.5 Å². The van der Waals surface area contributed by atoms with Crippen LogP contribution in [0.25, 0.3) is 0 Å². The predicted octanol–water partition coefficient (Wildman–Crippen LogP) is 1.28. The molecule has 4 nitrogen and oxygen atoms in total. The SMILES string of the molecule is CC(c1ccc(N)cc1)N1CCCC1C(N)=O. The first kappa shape index (κ1) is 11.9. The smallest absolute Gasteiger partial charge is 0.234 e. The van der Waals surface area contributed by atoms with E-state index in [1.165, 1.54) is 5.56 Å². The zero-order valence-corrected chi connectivity index (χ0v) is 10.1. The third-order valence-corrected chi connectivity index (χ3v) is 3.54. The number of carbonyl (C=O) groups excluding carboxylic acids is 1. The molecular formula is C13H19N3O. The summed E-state index contributed by atoms with van der Waals surface area (Å²) in [7, 11) is 0. The van der Waals surface area contributed by atoms with Gasteiger partial charge >= 0.3 is 0 Å². The Balaban J connectivity index is 2.16. The number of primary amides is 1. The van der Waals surface area contributed by atoms with Crippen LogP contribution < -0.4 is 11.5 Å². The zero-order valence-electron chi connectivity index (χ0n) is 10.1. The molecule has 0 aromatic heterocycles. The average Bonchev–Trinajstić information content (AvgIpc) is 2.78. The fourth-order valence-corrected chi connectivity index (χ4v) is 2.52. The van der Waals surface area contributed by atoms with Crippen LogP contribution in [0.5, 0.6) is 0 Å². The number of nitrogen functional groups attached to an aromatic ring is 1. The molecule has 1 saturated heterocycles. The minimum atomic E-state index is -0.218. The van der Waals surface area contributed by atoms with Crippen LogP contribution in [0.15, 0.2) is 24.3 Å². The summed E-state index contributed by atoms with van der Waals surface area (Å²) < 4.78 is 0. The molecule has 1 aromatic carbocycles. The Labute approximate surface area is 102 Å². The van der Waals surface area contributed by atoms with E-state index in [2.05, 4.69) is 11.8 Å². The summed E-state index contributed by atoms with van der Waals surface area (Å²) in [5, 5.41) is 0. The van der Waals surface area contributed by atoms with Crippen molar-refractivity contribution < 1.29 is 4.79 Å². The van der Waals surface area contributed by atoms with Gasteiger partial charge in [-0.1, -0.05) is 12.1 Å². The molecule has 4 N–H and O–H groups in total. The highest BCUT2D eigenvalue weighted by molar-refractivity contribution is 5.80. The van der Waals surface area contributed by atoms with E-state index in [0.29, 0.717) is 0 Å². The Kier molecular flexibility index (Phi) is 3.33. The normalized spacial score (nSPS) is 22.5. The summed E-state index contributed by atoms with van der Waals surface area (Å²) in [6, 6.07) is 7.88. The van der Waals surface area contributed by atoms with E-state index in [1.54, 1.807) is 0 Å². The number of likely N-dealkylation sites (tertiary alicyclic amines) is 1. The van der Waals surface area contributed by atoms with Crippen LogP contribution >= 0.6 is 0 Å². The molecule has 0 radical (unpaired) electrons. The molecule has 1 heterocycles. The van der Waals surface area contributed by atoms with Crippen molar-refractivity contribution in [2.75, 3.05) is 12.3 Å². The average molecular weight is 233 g/mol. The molecule has 1 aliphatic rings.